The van der Waals surface area contributed by atoms with Gasteiger partial charge in [0, 0.05) is 18.3 Å². The molecule has 1 unspecified atom stereocenters. The van der Waals surface area contributed by atoms with Crippen molar-refractivity contribution < 1.29 is 13.9 Å². The van der Waals surface area contributed by atoms with Crippen molar-refractivity contribution in [1.29, 1.82) is 0 Å². The average Bonchev–Trinajstić information content (AvgIpc) is 3.03. The number of phenols is 1. The Hall–Kier alpha value is -2.10. The summed E-state index contributed by atoms with van der Waals surface area (Å²) in [4.78, 5) is 0. The largest absolute Gasteiger partial charge is 0.508 e. The lowest BCUT2D eigenvalue weighted by molar-refractivity contribution is 0.475. The molecule has 2 atom stereocenters. The molecule has 0 amide bonds. The molecule has 1 saturated carbocycles. The van der Waals surface area contributed by atoms with Gasteiger partial charge in [-0.15, -0.1) is 0 Å². The van der Waals surface area contributed by atoms with Crippen LogP contribution in [0.15, 0.2) is 36.4 Å². The maximum atomic E-state index is 13.4. The van der Waals surface area contributed by atoms with Crippen molar-refractivity contribution in [3.05, 3.63) is 59.2 Å². The first-order valence-corrected chi connectivity index (χ1v) is 7.79. The molecule has 1 aliphatic rings. The Morgan fingerprint density at radius 1 is 1.09 bits per heavy atom. The van der Waals surface area contributed by atoms with Crippen LogP contribution in [0.25, 0.3) is 0 Å². The second-order valence-electron chi connectivity index (χ2n) is 6.96. The van der Waals surface area contributed by atoms with E-state index in [9.17, 15) is 13.9 Å². The van der Waals surface area contributed by atoms with Crippen LogP contribution in [0.2, 0.25) is 0 Å². The van der Waals surface area contributed by atoms with Gasteiger partial charge in [0.05, 0.1) is 0 Å². The molecule has 2 aromatic carbocycles. The Kier molecular flexibility index (Phi) is 3.78. The smallest absolute Gasteiger partial charge is 0.160 e. The van der Waals surface area contributed by atoms with Gasteiger partial charge in [0.25, 0.3) is 0 Å². The van der Waals surface area contributed by atoms with Crippen molar-refractivity contribution in [2.75, 3.05) is 11.9 Å². The molecule has 0 bridgehead atoms. The molecule has 0 aromatic heterocycles. The zero-order valence-electron chi connectivity index (χ0n) is 13.5. The number of halogens is 2. The minimum absolute atomic E-state index is 0.135. The summed E-state index contributed by atoms with van der Waals surface area (Å²) in [6, 6.07) is 9.74. The minimum atomic E-state index is -0.830. The summed E-state index contributed by atoms with van der Waals surface area (Å²) in [5, 5.41) is 12.7. The van der Waals surface area contributed by atoms with Crippen molar-refractivity contribution in [2.45, 2.75) is 26.7 Å². The summed E-state index contributed by atoms with van der Waals surface area (Å²) in [6.45, 7) is 6.87. The SMILES string of the molecule is Cc1cc(F)c(F)cc1NCC1[C@H](c2ccc(O)cc2)C1(C)C. The quantitative estimate of drug-likeness (QED) is 0.846. The first-order chi connectivity index (χ1) is 10.8. The van der Waals surface area contributed by atoms with Gasteiger partial charge in [-0.3, -0.25) is 0 Å². The second kappa shape index (κ2) is 5.52. The van der Waals surface area contributed by atoms with E-state index < -0.39 is 11.6 Å². The number of nitrogens with one attached hydrogen (secondary N) is 1. The minimum Gasteiger partial charge on any atom is -0.508 e. The van der Waals surface area contributed by atoms with E-state index in [2.05, 4.69) is 19.2 Å². The molecule has 2 nitrogen and oxygen atoms in total. The van der Waals surface area contributed by atoms with Gasteiger partial charge >= 0.3 is 0 Å². The van der Waals surface area contributed by atoms with Crippen molar-refractivity contribution in [3.63, 3.8) is 0 Å². The Morgan fingerprint density at radius 2 is 1.70 bits per heavy atom. The summed E-state index contributed by atoms with van der Waals surface area (Å²) in [5.41, 5.74) is 2.66. The maximum Gasteiger partial charge on any atom is 0.160 e. The lowest BCUT2D eigenvalue weighted by Gasteiger charge is -2.11. The van der Waals surface area contributed by atoms with Gasteiger partial charge < -0.3 is 10.4 Å². The molecular weight excluding hydrogens is 296 g/mol. The third-order valence-electron chi connectivity index (χ3n) is 5.08. The molecule has 0 saturated heterocycles. The fraction of sp³-hybridized carbons (Fsp3) is 0.368. The average molecular weight is 317 g/mol. The van der Waals surface area contributed by atoms with Crippen LogP contribution in [-0.4, -0.2) is 11.7 Å². The number of aromatic hydroxyl groups is 1. The maximum absolute atomic E-state index is 13.4. The molecule has 3 rings (SSSR count). The number of aryl methyl sites for hydroxylation is 1. The van der Waals surface area contributed by atoms with Crippen LogP contribution < -0.4 is 5.32 Å². The molecule has 0 heterocycles. The highest BCUT2D eigenvalue weighted by Gasteiger charge is 2.57. The van der Waals surface area contributed by atoms with Crippen molar-refractivity contribution in [3.8, 4) is 5.75 Å². The van der Waals surface area contributed by atoms with Crippen LogP contribution in [-0.2, 0) is 0 Å². The Labute approximate surface area is 135 Å². The van der Waals surface area contributed by atoms with E-state index in [1.54, 1.807) is 19.1 Å². The van der Waals surface area contributed by atoms with Crippen LogP contribution in [0.4, 0.5) is 14.5 Å². The van der Waals surface area contributed by atoms with Gasteiger partial charge in [-0.05, 0) is 53.5 Å². The highest BCUT2D eigenvalue weighted by Crippen LogP contribution is 2.64. The van der Waals surface area contributed by atoms with Crippen molar-refractivity contribution in [1.82, 2.24) is 0 Å². The first kappa shape index (κ1) is 15.8. The highest BCUT2D eigenvalue weighted by atomic mass is 19.2. The van der Waals surface area contributed by atoms with Gasteiger partial charge in [-0.1, -0.05) is 26.0 Å². The van der Waals surface area contributed by atoms with E-state index in [0.29, 0.717) is 29.6 Å². The van der Waals surface area contributed by atoms with Gasteiger partial charge in [0.15, 0.2) is 11.6 Å². The zero-order valence-corrected chi connectivity index (χ0v) is 13.5. The number of hydrogen-bond acceptors (Lipinski definition) is 2. The lowest BCUT2D eigenvalue weighted by Crippen LogP contribution is -2.09. The normalized spacial score (nSPS) is 22.0. The molecule has 2 aromatic rings. The van der Waals surface area contributed by atoms with E-state index in [-0.39, 0.29) is 11.2 Å². The molecule has 23 heavy (non-hydrogen) atoms. The monoisotopic (exact) mass is 317 g/mol. The summed E-state index contributed by atoms with van der Waals surface area (Å²) < 4.78 is 26.6. The molecule has 1 fully saturated rings. The van der Waals surface area contributed by atoms with E-state index in [0.717, 1.165) is 0 Å². The topological polar surface area (TPSA) is 32.3 Å². The molecular formula is C19H21F2NO. The van der Waals surface area contributed by atoms with Crippen molar-refractivity contribution in [2.24, 2.45) is 11.3 Å². The van der Waals surface area contributed by atoms with Gasteiger partial charge in [-0.25, -0.2) is 8.78 Å². The number of rotatable bonds is 4. The van der Waals surface area contributed by atoms with Crippen LogP contribution in [0.1, 0.15) is 30.9 Å². The fourth-order valence-electron chi connectivity index (χ4n) is 3.53. The predicted octanol–water partition coefficient (Wildman–Crippen LogP) is 4.83. The highest BCUT2D eigenvalue weighted by molar-refractivity contribution is 5.51. The third kappa shape index (κ3) is 2.90. The summed E-state index contributed by atoms with van der Waals surface area (Å²) in [5.74, 6) is -0.593. The van der Waals surface area contributed by atoms with Gasteiger partial charge in [0.2, 0.25) is 0 Å². The van der Waals surface area contributed by atoms with Gasteiger partial charge in [-0.2, -0.15) is 0 Å². The third-order valence-corrected chi connectivity index (χ3v) is 5.08. The molecule has 0 radical (unpaired) electrons. The number of anilines is 1. The van der Waals surface area contributed by atoms with Crippen LogP contribution in [0, 0.1) is 29.9 Å². The second-order valence-corrected chi connectivity index (χ2v) is 6.96. The first-order valence-electron chi connectivity index (χ1n) is 7.79. The van der Waals surface area contributed by atoms with Crippen molar-refractivity contribution >= 4 is 5.69 Å². The van der Waals surface area contributed by atoms with Gasteiger partial charge in [0.1, 0.15) is 5.75 Å². The summed E-state index contributed by atoms with van der Waals surface area (Å²) in [6.07, 6.45) is 0. The zero-order chi connectivity index (χ0) is 16.8. The molecule has 0 aliphatic heterocycles. The molecule has 122 valence electrons. The Morgan fingerprint density at radius 3 is 2.35 bits per heavy atom. The van der Waals surface area contributed by atoms with E-state index in [4.69, 9.17) is 0 Å². The number of phenolic OH excluding ortho intramolecular Hbond substituents is 1. The predicted molar refractivity (Wildman–Crippen MR) is 87.7 cm³/mol. The van der Waals surface area contributed by atoms with Crippen LogP contribution >= 0.6 is 0 Å². The standard InChI is InChI=1S/C19H21F2NO/c1-11-8-15(20)16(21)9-17(11)22-10-14-18(19(14,2)3)12-4-6-13(23)7-5-12/h4-9,14,18,22-23H,10H2,1-3H3/t14?,18-/m0/s1. The van der Waals surface area contributed by atoms with E-state index in [1.165, 1.54) is 17.7 Å². The van der Waals surface area contributed by atoms with Crippen LogP contribution in [0.3, 0.4) is 0 Å². The lowest BCUT2D eigenvalue weighted by atomic mass is 10.0. The summed E-state index contributed by atoms with van der Waals surface area (Å²) >= 11 is 0. The summed E-state index contributed by atoms with van der Waals surface area (Å²) in [7, 11) is 0. The van der Waals surface area contributed by atoms with E-state index >= 15 is 0 Å². The molecule has 0 spiro atoms. The Balaban J connectivity index is 1.71. The molecule has 4 heteroatoms. The number of hydrogen-bond donors (Lipinski definition) is 2. The number of benzene rings is 2. The molecule has 2 N–H and O–H groups in total. The molecule has 1 aliphatic carbocycles. The fourth-order valence-corrected chi connectivity index (χ4v) is 3.53. The van der Waals surface area contributed by atoms with Crippen LogP contribution in [0.5, 0.6) is 5.75 Å². The van der Waals surface area contributed by atoms with E-state index in [1.807, 2.05) is 12.1 Å². The Bertz CT molecular complexity index is 725.